The normalized spacial score (nSPS) is 16.1. The number of phenolic OH excluding ortho intramolecular Hbond substituents is 2. The first-order valence-corrected chi connectivity index (χ1v) is 5.61. The molecule has 17 heavy (non-hydrogen) atoms. The molecule has 4 nitrogen and oxygen atoms in total. The van der Waals surface area contributed by atoms with Crippen molar-refractivity contribution in [1.82, 2.24) is 5.32 Å². The second-order valence-corrected chi connectivity index (χ2v) is 4.24. The van der Waals surface area contributed by atoms with Crippen LogP contribution in [0.4, 0.5) is 4.39 Å². The first kappa shape index (κ1) is 11.7. The molecule has 0 atom stereocenters. The van der Waals surface area contributed by atoms with Gasteiger partial charge in [-0.05, 0) is 25.0 Å². The fourth-order valence-electron chi connectivity index (χ4n) is 2.10. The Kier molecular flexibility index (Phi) is 3.17. The summed E-state index contributed by atoms with van der Waals surface area (Å²) in [4.78, 5) is 11.8. The van der Waals surface area contributed by atoms with E-state index < -0.39 is 28.8 Å². The van der Waals surface area contributed by atoms with E-state index in [9.17, 15) is 19.4 Å². The van der Waals surface area contributed by atoms with Crippen LogP contribution in [0.3, 0.4) is 0 Å². The summed E-state index contributed by atoms with van der Waals surface area (Å²) in [7, 11) is 0. The number of aromatic hydroxyl groups is 2. The highest BCUT2D eigenvalue weighted by atomic mass is 19.1. The SMILES string of the molecule is O=C(NC1CCCC1)c1c(F)ccc(O)c1O. The summed E-state index contributed by atoms with van der Waals surface area (Å²) in [5, 5.41) is 21.4. The second kappa shape index (κ2) is 4.61. The monoisotopic (exact) mass is 239 g/mol. The molecule has 1 saturated carbocycles. The molecule has 1 amide bonds. The Balaban J connectivity index is 2.21. The van der Waals surface area contributed by atoms with E-state index in [-0.39, 0.29) is 6.04 Å². The molecule has 0 aliphatic heterocycles. The van der Waals surface area contributed by atoms with Gasteiger partial charge in [0, 0.05) is 6.04 Å². The molecule has 1 aromatic rings. The summed E-state index contributed by atoms with van der Waals surface area (Å²) in [5.41, 5.74) is -0.489. The molecule has 5 heteroatoms. The highest BCUT2D eigenvalue weighted by Crippen LogP contribution is 2.31. The minimum absolute atomic E-state index is 0.0312. The molecule has 1 aliphatic rings. The van der Waals surface area contributed by atoms with Gasteiger partial charge in [-0.2, -0.15) is 0 Å². The zero-order valence-corrected chi connectivity index (χ0v) is 9.24. The largest absolute Gasteiger partial charge is 0.504 e. The predicted octanol–water partition coefficient (Wildman–Crippen LogP) is 1.91. The number of carbonyl (C=O) groups is 1. The Bertz CT molecular complexity index is 442. The summed E-state index contributed by atoms with van der Waals surface area (Å²) < 4.78 is 13.4. The average molecular weight is 239 g/mol. The highest BCUT2D eigenvalue weighted by molar-refractivity contribution is 5.98. The van der Waals surface area contributed by atoms with Gasteiger partial charge in [0.1, 0.15) is 11.4 Å². The molecule has 1 fully saturated rings. The van der Waals surface area contributed by atoms with E-state index in [0.29, 0.717) is 0 Å². The van der Waals surface area contributed by atoms with Crippen LogP contribution in [-0.4, -0.2) is 22.2 Å². The predicted molar refractivity (Wildman–Crippen MR) is 59.5 cm³/mol. The van der Waals surface area contributed by atoms with Crippen molar-refractivity contribution >= 4 is 5.91 Å². The number of hydrogen-bond donors (Lipinski definition) is 3. The Morgan fingerprint density at radius 1 is 1.29 bits per heavy atom. The number of benzene rings is 1. The average Bonchev–Trinajstić information content (AvgIpc) is 2.77. The van der Waals surface area contributed by atoms with Gasteiger partial charge in [0.15, 0.2) is 11.5 Å². The lowest BCUT2D eigenvalue weighted by Crippen LogP contribution is -2.33. The molecule has 0 unspecified atom stereocenters. The van der Waals surface area contributed by atoms with Gasteiger partial charge in [0.25, 0.3) is 5.91 Å². The van der Waals surface area contributed by atoms with Gasteiger partial charge in [-0.15, -0.1) is 0 Å². The van der Waals surface area contributed by atoms with E-state index >= 15 is 0 Å². The van der Waals surface area contributed by atoms with Crippen molar-refractivity contribution in [3.8, 4) is 11.5 Å². The number of phenols is 2. The van der Waals surface area contributed by atoms with Crippen molar-refractivity contribution in [2.24, 2.45) is 0 Å². The molecule has 3 N–H and O–H groups in total. The molecule has 0 radical (unpaired) electrons. The Hall–Kier alpha value is -1.78. The maximum Gasteiger partial charge on any atom is 0.258 e. The van der Waals surface area contributed by atoms with Crippen LogP contribution in [0.2, 0.25) is 0 Å². The third-order valence-corrected chi connectivity index (χ3v) is 3.02. The lowest BCUT2D eigenvalue weighted by Gasteiger charge is -2.13. The van der Waals surface area contributed by atoms with Crippen LogP contribution in [0.25, 0.3) is 0 Å². The van der Waals surface area contributed by atoms with Crippen molar-refractivity contribution in [2.45, 2.75) is 31.7 Å². The van der Waals surface area contributed by atoms with Gasteiger partial charge < -0.3 is 15.5 Å². The molecule has 0 spiro atoms. The van der Waals surface area contributed by atoms with Crippen LogP contribution in [0.1, 0.15) is 36.0 Å². The number of hydrogen-bond acceptors (Lipinski definition) is 3. The molecular formula is C12H14FNO3. The topological polar surface area (TPSA) is 69.6 Å². The Morgan fingerprint density at radius 2 is 1.94 bits per heavy atom. The third-order valence-electron chi connectivity index (χ3n) is 3.02. The zero-order valence-electron chi connectivity index (χ0n) is 9.24. The summed E-state index contributed by atoms with van der Waals surface area (Å²) in [6.45, 7) is 0. The summed E-state index contributed by atoms with van der Waals surface area (Å²) >= 11 is 0. The van der Waals surface area contributed by atoms with Gasteiger partial charge in [0.05, 0.1) is 0 Å². The number of rotatable bonds is 2. The van der Waals surface area contributed by atoms with E-state index in [1.54, 1.807) is 0 Å². The molecule has 2 rings (SSSR count). The van der Waals surface area contributed by atoms with Crippen molar-refractivity contribution in [3.63, 3.8) is 0 Å². The first-order chi connectivity index (χ1) is 8.09. The molecule has 1 aromatic carbocycles. The van der Waals surface area contributed by atoms with Crippen molar-refractivity contribution < 1.29 is 19.4 Å². The van der Waals surface area contributed by atoms with Crippen LogP contribution in [-0.2, 0) is 0 Å². The van der Waals surface area contributed by atoms with Gasteiger partial charge in [-0.3, -0.25) is 4.79 Å². The molecule has 0 bridgehead atoms. The maximum absolute atomic E-state index is 13.4. The van der Waals surface area contributed by atoms with Crippen LogP contribution in [0.15, 0.2) is 12.1 Å². The summed E-state index contributed by atoms with van der Waals surface area (Å²) in [6.07, 6.45) is 3.82. The van der Waals surface area contributed by atoms with E-state index in [2.05, 4.69) is 5.32 Å². The van der Waals surface area contributed by atoms with Crippen molar-refractivity contribution in [2.75, 3.05) is 0 Å². The summed E-state index contributed by atoms with van der Waals surface area (Å²) in [6, 6.07) is 2.00. The van der Waals surface area contributed by atoms with Crippen molar-refractivity contribution in [3.05, 3.63) is 23.5 Å². The molecule has 0 heterocycles. The smallest absolute Gasteiger partial charge is 0.258 e. The fraction of sp³-hybridized carbons (Fsp3) is 0.417. The van der Waals surface area contributed by atoms with Crippen LogP contribution in [0.5, 0.6) is 11.5 Å². The number of nitrogens with one attached hydrogen (secondary N) is 1. The molecule has 0 aromatic heterocycles. The third kappa shape index (κ3) is 2.33. The fourth-order valence-corrected chi connectivity index (χ4v) is 2.10. The number of carbonyl (C=O) groups excluding carboxylic acids is 1. The second-order valence-electron chi connectivity index (χ2n) is 4.24. The van der Waals surface area contributed by atoms with Gasteiger partial charge in [-0.25, -0.2) is 4.39 Å². The van der Waals surface area contributed by atoms with Gasteiger partial charge >= 0.3 is 0 Å². The van der Waals surface area contributed by atoms with E-state index in [1.807, 2.05) is 0 Å². The van der Waals surface area contributed by atoms with E-state index in [0.717, 1.165) is 37.8 Å². The zero-order chi connectivity index (χ0) is 12.4. The van der Waals surface area contributed by atoms with Gasteiger partial charge in [-0.1, -0.05) is 12.8 Å². The van der Waals surface area contributed by atoms with Gasteiger partial charge in [0.2, 0.25) is 0 Å². The van der Waals surface area contributed by atoms with Crippen LogP contribution in [0, 0.1) is 5.82 Å². The van der Waals surface area contributed by atoms with Crippen LogP contribution >= 0.6 is 0 Å². The lowest BCUT2D eigenvalue weighted by molar-refractivity contribution is 0.0930. The first-order valence-electron chi connectivity index (χ1n) is 5.61. The Labute approximate surface area is 98.1 Å². The quantitative estimate of drug-likeness (QED) is 0.690. The number of halogens is 1. The highest BCUT2D eigenvalue weighted by Gasteiger charge is 2.23. The number of amides is 1. The van der Waals surface area contributed by atoms with E-state index in [4.69, 9.17) is 0 Å². The molecule has 1 aliphatic carbocycles. The minimum atomic E-state index is -0.837. The lowest BCUT2D eigenvalue weighted by atomic mass is 10.1. The van der Waals surface area contributed by atoms with Crippen molar-refractivity contribution in [1.29, 1.82) is 0 Å². The standard InChI is InChI=1S/C12H14FNO3/c13-8-5-6-9(15)11(16)10(8)12(17)14-7-3-1-2-4-7/h5-7,15-16H,1-4H2,(H,14,17). The minimum Gasteiger partial charge on any atom is -0.504 e. The molecular weight excluding hydrogens is 225 g/mol. The maximum atomic E-state index is 13.4. The summed E-state index contributed by atoms with van der Waals surface area (Å²) in [5.74, 6) is -2.72. The molecule has 92 valence electrons. The Morgan fingerprint density at radius 3 is 2.59 bits per heavy atom. The van der Waals surface area contributed by atoms with Crippen LogP contribution < -0.4 is 5.32 Å². The molecule has 0 saturated heterocycles. The van der Waals surface area contributed by atoms with E-state index in [1.165, 1.54) is 0 Å².